The third-order valence-corrected chi connectivity index (χ3v) is 2.85. The molecule has 0 saturated heterocycles. The maximum absolute atomic E-state index is 13.6. The van der Waals surface area contributed by atoms with E-state index in [9.17, 15) is 9.18 Å². The standard InChI is InChI=1S/C13H10FN5O/c14-9-2-1-3-10(15)12(9)18-13(20)8-6-17-19-5-4-16-7-11(8)19/h1-7H,15H2,(H,18,20). The second kappa shape index (κ2) is 4.61. The van der Waals surface area contributed by atoms with Crippen molar-refractivity contribution in [2.24, 2.45) is 0 Å². The Morgan fingerprint density at radius 3 is 3.00 bits per heavy atom. The van der Waals surface area contributed by atoms with Gasteiger partial charge >= 0.3 is 0 Å². The highest BCUT2D eigenvalue weighted by Crippen LogP contribution is 2.23. The largest absolute Gasteiger partial charge is 0.397 e. The molecule has 3 aromatic rings. The molecule has 0 spiro atoms. The van der Waals surface area contributed by atoms with Crippen LogP contribution in [0.3, 0.4) is 0 Å². The van der Waals surface area contributed by atoms with Crippen molar-refractivity contribution in [3.05, 3.63) is 54.4 Å². The number of hydrogen-bond acceptors (Lipinski definition) is 4. The van der Waals surface area contributed by atoms with Gasteiger partial charge in [-0.05, 0) is 12.1 Å². The highest BCUT2D eigenvalue weighted by Gasteiger charge is 2.15. The Bertz CT molecular complexity index is 778. The molecule has 100 valence electrons. The van der Waals surface area contributed by atoms with Gasteiger partial charge in [-0.15, -0.1) is 0 Å². The van der Waals surface area contributed by atoms with E-state index in [4.69, 9.17) is 5.73 Å². The molecule has 20 heavy (non-hydrogen) atoms. The SMILES string of the molecule is Nc1cccc(F)c1NC(=O)c1cnn2ccncc12. The number of carbonyl (C=O) groups is 1. The van der Waals surface area contributed by atoms with Gasteiger partial charge in [-0.3, -0.25) is 9.78 Å². The lowest BCUT2D eigenvalue weighted by Crippen LogP contribution is -2.14. The number of hydrogen-bond donors (Lipinski definition) is 2. The molecule has 0 unspecified atom stereocenters. The lowest BCUT2D eigenvalue weighted by molar-refractivity contribution is 0.102. The molecular weight excluding hydrogens is 261 g/mol. The average molecular weight is 271 g/mol. The average Bonchev–Trinajstić information content (AvgIpc) is 2.87. The Labute approximate surface area is 113 Å². The van der Waals surface area contributed by atoms with E-state index in [2.05, 4.69) is 15.4 Å². The number of nitrogens with zero attached hydrogens (tertiary/aromatic N) is 3. The molecule has 2 heterocycles. The summed E-state index contributed by atoms with van der Waals surface area (Å²) < 4.78 is 15.1. The number of benzene rings is 1. The Morgan fingerprint density at radius 1 is 1.35 bits per heavy atom. The summed E-state index contributed by atoms with van der Waals surface area (Å²) in [5, 5.41) is 6.47. The normalized spacial score (nSPS) is 10.7. The molecule has 0 bridgehead atoms. The first-order chi connectivity index (χ1) is 9.66. The van der Waals surface area contributed by atoms with Gasteiger partial charge in [-0.2, -0.15) is 5.10 Å². The molecule has 3 rings (SSSR count). The van der Waals surface area contributed by atoms with Crippen molar-refractivity contribution >= 4 is 22.8 Å². The molecule has 0 radical (unpaired) electrons. The first-order valence-electron chi connectivity index (χ1n) is 5.79. The van der Waals surface area contributed by atoms with Crippen molar-refractivity contribution < 1.29 is 9.18 Å². The maximum Gasteiger partial charge on any atom is 0.259 e. The van der Waals surface area contributed by atoms with Gasteiger partial charge in [0.15, 0.2) is 0 Å². The van der Waals surface area contributed by atoms with Crippen molar-refractivity contribution in [2.75, 3.05) is 11.1 Å². The maximum atomic E-state index is 13.6. The zero-order chi connectivity index (χ0) is 14.1. The molecule has 1 amide bonds. The molecule has 6 nitrogen and oxygen atoms in total. The zero-order valence-corrected chi connectivity index (χ0v) is 10.2. The number of fused-ring (bicyclic) bond motifs is 1. The molecule has 1 aromatic carbocycles. The summed E-state index contributed by atoms with van der Waals surface area (Å²) in [6.45, 7) is 0. The van der Waals surface area contributed by atoms with E-state index >= 15 is 0 Å². The minimum absolute atomic E-state index is 0.0410. The van der Waals surface area contributed by atoms with E-state index in [-0.39, 0.29) is 11.4 Å². The van der Waals surface area contributed by atoms with Crippen LogP contribution in [0.1, 0.15) is 10.4 Å². The molecule has 0 aliphatic rings. The summed E-state index contributed by atoms with van der Waals surface area (Å²) in [5.41, 5.74) is 6.59. The van der Waals surface area contributed by atoms with E-state index in [0.29, 0.717) is 11.1 Å². The van der Waals surface area contributed by atoms with Crippen LogP contribution in [0, 0.1) is 5.82 Å². The summed E-state index contributed by atoms with van der Waals surface area (Å²) in [6, 6.07) is 4.21. The van der Waals surface area contributed by atoms with Crippen molar-refractivity contribution in [3.8, 4) is 0 Å². The molecule has 0 saturated carbocycles. The molecule has 3 N–H and O–H groups in total. The summed E-state index contributed by atoms with van der Waals surface area (Å²) in [6.07, 6.45) is 6.07. The second-order valence-corrected chi connectivity index (χ2v) is 4.12. The van der Waals surface area contributed by atoms with Gasteiger partial charge in [-0.25, -0.2) is 8.91 Å². The number of anilines is 2. The predicted octanol–water partition coefficient (Wildman–Crippen LogP) is 1.70. The first kappa shape index (κ1) is 12.1. The Kier molecular flexibility index (Phi) is 2.79. The first-order valence-corrected chi connectivity index (χ1v) is 5.79. The van der Waals surface area contributed by atoms with Gasteiger partial charge in [0.25, 0.3) is 5.91 Å². The lowest BCUT2D eigenvalue weighted by atomic mass is 10.2. The van der Waals surface area contributed by atoms with Crippen LogP contribution in [0.15, 0.2) is 43.0 Å². The summed E-state index contributed by atoms with van der Waals surface area (Å²) in [7, 11) is 0. The van der Waals surface area contributed by atoms with Crippen LogP contribution in [-0.2, 0) is 0 Å². The monoisotopic (exact) mass is 271 g/mol. The van der Waals surface area contributed by atoms with Crippen LogP contribution >= 0.6 is 0 Å². The van der Waals surface area contributed by atoms with Gasteiger partial charge in [0.2, 0.25) is 0 Å². The van der Waals surface area contributed by atoms with E-state index < -0.39 is 11.7 Å². The second-order valence-electron chi connectivity index (χ2n) is 4.12. The molecule has 0 aliphatic carbocycles. The number of nitrogens with one attached hydrogen (secondary N) is 1. The molecular formula is C13H10FN5O. The molecule has 0 aliphatic heterocycles. The Balaban J connectivity index is 1.98. The Hall–Kier alpha value is -2.96. The van der Waals surface area contributed by atoms with Crippen molar-refractivity contribution in [1.82, 2.24) is 14.6 Å². The van der Waals surface area contributed by atoms with Gasteiger partial charge in [0.1, 0.15) is 11.5 Å². The highest BCUT2D eigenvalue weighted by atomic mass is 19.1. The number of aromatic nitrogens is 3. The molecule has 0 atom stereocenters. The number of nitrogens with two attached hydrogens (primary N) is 1. The summed E-state index contributed by atoms with van der Waals surface area (Å²) >= 11 is 0. The minimum Gasteiger partial charge on any atom is -0.397 e. The van der Waals surface area contributed by atoms with Crippen molar-refractivity contribution in [3.63, 3.8) is 0 Å². The number of halogens is 1. The fourth-order valence-electron chi connectivity index (χ4n) is 1.86. The molecule has 0 fully saturated rings. The highest BCUT2D eigenvalue weighted by molar-refractivity contribution is 6.09. The minimum atomic E-state index is -0.590. The number of rotatable bonds is 2. The van der Waals surface area contributed by atoms with Crippen LogP contribution in [-0.4, -0.2) is 20.5 Å². The summed E-state index contributed by atoms with van der Waals surface area (Å²) in [5.74, 6) is -1.09. The van der Waals surface area contributed by atoms with Crippen LogP contribution in [0.4, 0.5) is 15.8 Å². The third kappa shape index (κ3) is 1.95. The van der Waals surface area contributed by atoms with Crippen LogP contribution < -0.4 is 11.1 Å². The lowest BCUT2D eigenvalue weighted by Gasteiger charge is -2.08. The van der Waals surface area contributed by atoms with E-state index in [1.165, 1.54) is 35.1 Å². The quantitative estimate of drug-likeness (QED) is 0.695. The molecule has 2 aromatic heterocycles. The van der Waals surface area contributed by atoms with Crippen LogP contribution in [0.5, 0.6) is 0 Å². The van der Waals surface area contributed by atoms with Gasteiger partial charge in [-0.1, -0.05) is 6.07 Å². The fraction of sp³-hybridized carbons (Fsp3) is 0. The number of para-hydroxylation sites is 1. The van der Waals surface area contributed by atoms with E-state index in [1.54, 1.807) is 12.4 Å². The number of amides is 1. The van der Waals surface area contributed by atoms with Crippen molar-refractivity contribution in [1.29, 1.82) is 0 Å². The Morgan fingerprint density at radius 2 is 2.20 bits per heavy atom. The summed E-state index contributed by atoms with van der Waals surface area (Å²) in [4.78, 5) is 16.1. The molecule has 7 heteroatoms. The third-order valence-electron chi connectivity index (χ3n) is 2.85. The number of nitrogen functional groups attached to an aromatic ring is 1. The topological polar surface area (TPSA) is 85.3 Å². The van der Waals surface area contributed by atoms with E-state index in [0.717, 1.165) is 0 Å². The van der Waals surface area contributed by atoms with Crippen molar-refractivity contribution in [2.45, 2.75) is 0 Å². The predicted molar refractivity (Wildman–Crippen MR) is 71.8 cm³/mol. The van der Waals surface area contributed by atoms with Crippen LogP contribution in [0.2, 0.25) is 0 Å². The fourth-order valence-corrected chi connectivity index (χ4v) is 1.86. The van der Waals surface area contributed by atoms with Crippen LogP contribution in [0.25, 0.3) is 5.52 Å². The van der Waals surface area contributed by atoms with Gasteiger partial charge in [0, 0.05) is 12.4 Å². The number of carbonyl (C=O) groups excluding carboxylic acids is 1. The zero-order valence-electron chi connectivity index (χ0n) is 10.2. The van der Waals surface area contributed by atoms with Gasteiger partial charge in [0.05, 0.1) is 29.2 Å². The van der Waals surface area contributed by atoms with Gasteiger partial charge < -0.3 is 11.1 Å². The van der Waals surface area contributed by atoms with E-state index in [1.807, 2.05) is 0 Å². The smallest absolute Gasteiger partial charge is 0.259 e.